The Kier molecular flexibility index (Phi) is 9.46. The molecule has 0 spiro atoms. The number of benzene rings is 2. The first-order chi connectivity index (χ1) is 19.0. The van der Waals surface area contributed by atoms with Crippen molar-refractivity contribution in [3.8, 4) is 11.5 Å². The first kappa shape index (κ1) is 29.9. The number of carbonyl (C=O) groups excluding carboxylic acids is 2. The van der Waals surface area contributed by atoms with Crippen molar-refractivity contribution in [3.63, 3.8) is 0 Å². The number of primary amides is 1. The minimum Gasteiger partial charge on any atom is -0.451 e. The van der Waals surface area contributed by atoms with Crippen molar-refractivity contribution >= 4 is 33.6 Å². The quantitative estimate of drug-likeness (QED) is 0.442. The summed E-state index contributed by atoms with van der Waals surface area (Å²) in [4.78, 5) is 27.3. The van der Waals surface area contributed by atoms with Crippen LogP contribution in [0.15, 0.2) is 41.3 Å². The number of nitrogens with two attached hydrogens (primary N) is 1. The van der Waals surface area contributed by atoms with Gasteiger partial charge in [-0.05, 0) is 61.6 Å². The standard InChI is InChI=1S/C25H29ClF2N4O7S/c26-17-1-3-18(4-2-17)39-23-20(27)14-19(15-21(23)28)40(36,37)32(35)22(24(29)33)13-16-5-7-30(8-6-16)25(34)31-9-11-38-12-10-31/h1-4,14-16,22,35H,5-13H2,(H2,29,33). The van der Waals surface area contributed by atoms with Crippen LogP contribution in [0.5, 0.6) is 11.5 Å². The third-order valence-corrected chi connectivity index (χ3v) is 8.70. The Morgan fingerprint density at radius 2 is 1.62 bits per heavy atom. The molecule has 2 aliphatic heterocycles. The molecule has 3 N–H and O–H groups in total. The van der Waals surface area contributed by atoms with Crippen LogP contribution in [0.3, 0.4) is 0 Å². The predicted molar refractivity (Wildman–Crippen MR) is 138 cm³/mol. The number of sulfonamides is 1. The van der Waals surface area contributed by atoms with Gasteiger partial charge in [0.2, 0.25) is 5.91 Å². The smallest absolute Gasteiger partial charge is 0.320 e. The Hall–Kier alpha value is -3.04. The van der Waals surface area contributed by atoms with Crippen molar-refractivity contribution in [2.75, 3.05) is 39.4 Å². The Labute approximate surface area is 235 Å². The van der Waals surface area contributed by atoms with Crippen LogP contribution in [-0.4, -0.2) is 85.3 Å². The molecule has 2 heterocycles. The number of hydroxylamine groups is 1. The number of hydrogen-bond donors (Lipinski definition) is 2. The van der Waals surface area contributed by atoms with Gasteiger partial charge in [0.05, 0.1) is 18.1 Å². The van der Waals surface area contributed by atoms with Crippen molar-refractivity contribution in [2.45, 2.75) is 30.2 Å². The number of rotatable bonds is 8. The van der Waals surface area contributed by atoms with E-state index in [1.807, 2.05) is 0 Å². The summed E-state index contributed by atoms with van der Waals surface area (Å²) in [6, 6.07) is 4.72. The first-order valence-electron chi connectivity index (χ1n) is 12.5. The Morgan fingerprint density at radius 1 is 1.07 bits per heavy atom. The van der Waals surface area contributed by atoms with E-state index in [0.29, 0.717) is 69.4 Å². The maximum absolute atomic E-state index is 14.7. The van der Waals surface area contributed by atoms with Crippen LogP contribution in [-0.2, 0) is 19.6 Å². The number of ether oxygens (including phenoxy) is 2. The van der Waals surface area contributed by atoms with Crippen molar-refractivity contribution in [2.24, 2.45) is 11.7 Å². The fourth-order valence-corrected chi connectivity index (χ4v) is 6.00. The Morgan fingerprint density at radius 3 is 2.17 bits per heavy atom. The van der Waals surface area contributed by atoms with Gasteiger partial charge in [-0.1, -0.05) is 16.1 Å². The predicted octanol–water partition coefficient (Wildman–Crippen LogP) is 3.20. The zero-order valence-corrected chi connectivity index (χ0v) is 22.9. The molecule has 1 unspecified atom stereocenters. The van der Waals surface area contributed by atoms with Crippen molar-refractivity contribution in [1.82, 2.24) is 14.3 Å². The molecule has 2 aromatic carbocycles. The van der Waals surface area contributed by atoms with Gasteiger partial charge in [0.1, 0.15) is 11.8 Å². The van der Waals surface area contributed by atoms with Crippen LogP contribution in [0.25, 0.3) is 0 Å². The molecule has 0 bridgehead atoms. The second-order valence-electron chi connectivity index (χ2n) is 9.52. The minimum absolute atomic E-state index is 0.0491. The molecule has 1 atom stereocenters. The number of morpholine rings is 1. The highest BCUT2D eigenvalue weighted by Gasteiger charge is 2.38. The molecule has 0 aromatic heterocycles. The van der Waals surface area contributed by atoms with Gasteiger partial charge in [0.25, 0.3) is 10.0 Å². The van der Waals surface area contributed by atoms with Crippen molar-refractivity contribution < 1.29 is 41.5 Å². The molecule has 2 saturated heterocycles. The van der Waals surface area contributed by atoms with E-state index in [1.54, 1.807) is 9.80 Å². The number of amides is 3. The summed E-state index contributed by atoms with van der Waals surface area (Å²) in [6.45, 7) is 2.67. The third kappa shape index (κ3) is 6.81. The molecule has 4 rings (SSSR count). The molecule has 2 aliphatic rings. The summed E-state index contributed by atoms with van der Waals surface area (Å²) < 4.78 is 65.8. The lowest BCUT2D eigenvalue weighted by atomic mass is 9.90. The van der Waals surface area contributed by atoms with E-state index in [4.69, 9.17) is 26.8 Å². The monoisotopic (exact) mass is 602 g/mol. The van der Waals surface area contributed by atoms with Crippen LogP contribution < -0.4 is 10.5 Å². The largest absolute Gasteiger partial charge is 0.451 e. The molecule has 0 aliphatic carbocycles. The van der Waals surface area contributed by atoms with Gasteiger partial charge in [-0.3, -0.25) is 10.0 Å². The number of hydrogen-bond acceptors (Lipinski definition) is 7. The van der Waals surface area contributed by atoms with Crippen LogP contribution in [0.1, 0.15) is 19.3 Å². The van der Waals surface area contributed by atoms with E-state index in [-0.39, 0.29) is 28.6 Å². The molecule has 40 heavy (non-hydrogen) atoms. The topological polar surface area (TPSA) is 143 Å². The van der Waals surface area contributed by atoms with E-state index in [2.05, 4.69) is 0 Å². The second-order valence-corrected chi connectivity index (χ2v) is 11.7. The van der Waals surface area contributed by atoms with Crippen LogP contribution in [0.4, 0.5) is 13.6 Å². The van der Waals surface area contributed by atoms with Crippen LogP contribution in [0, 0.1) is 17.6 Å². The lowest BCUT2D eigenvalue weighted by Crippen LogP contribution is -2.51. The number of urea groups is 1. The molecule has 0 radical (unpaired) electrons. The summed E-state index contributed by atoms with van der Waals surface area (Å²) >= 11 is 5.78. The molecular weight excluding hydrogens is 574 g/mol. The van der Waals surface area contributed by atoms with E-state index < -0.39 is 44.3 Å². The zero-order valence-electron chi connectivity index (χ0n) is 21.3. The number of carbonyl (C=O) groups is 2. The van der Waals surface area contributed by atoms with Gasteiger partial charge in [-0.2, -0.15) is 0 Å². The second kappa shape index (κ2) is 12.6. The first-order valence-corrected chi connectivity index (χ1v) is 14.4. The third-order valence-electron chi connectivity index (χ3n) is 6.87. The number of piperidine rings is 1. The summed E-state index contributed by atoms with van der Waals surface area (Å²) in [5, 5.41) is 11.0. The van der Waals surface area contributed by atoms with Crippen molar-refractivity contribution in [1.29, 1.82) is 0 Å². The van der Waals surface area contributed by atoms with E-state index >= 15 is 0 Å². The molecule has 11 nitrogen and oxygen atoms in total. The van der Waals surface area contributed by atoms with Crippen LogP contribution >= 0.6 is 11.6 Å². The summed E-state index contributed by atoms with van der Waals surface area (Å²) in [6.07, 6.45) is 0.731. The zero-order chi connectivity index (χ0) is 29.0. The highest BCUT2D eigenvalue weighted by Crippen LogP contribution is 2.32. The maximum atomic E-state index is 14.7. The lowest BCUT2D eigenvalue weighted by Gasteiger charge is -2.38. The van der Waals surface area contributed by atoms with Gasteiger partial charge in [-0.15, -0.1) is 0 Å². The van der Waals surface area contributed by atoms with Gasteiger partial charge >= 0.3 is 6.03 Å². The van der Waals surface area contributed by atoms with Gasteiger partial charge in [-0.25, -0.2) is 22.0 Å². The molecule has 15 heteroatoms. The molecule has 2 fully saturated rings. The van der Waals surface area contributed by atoms with E-state index in [9.17, 15) is 32.0 Å². The number of likely N-dealkylation sites (tertiary alicyclic amines) is 1. The van der Waals surface area contributed by atoms with E-state index in [0.717, 1.165) is 0 Å². The lowest BCUT2D eigenvalue weighted by molar-refractivity contribution is -0.132. The summed E-state index contributed by atoms with van der Waals surface area (Å²) in [7, 11) is -4.96. The number of nitrogens with zero attached hydrogens (tertiary/aromatic N) is 3. The van der Waals surface area contributed by atoms with Gasteiger partial charge in [0.15, 0.2) is 17.4 Å². The normalized spacial score (nSPS) is 17.6. The van der Waals surface area contributed by atoms with Crippen LogP contribution in [0.2, 0.25) is 5.02 Å². The maximum Gasteiger partial charge on any atom is 0.320 e. The fourth-order valence-electron chi connectivity index (χ4n) is 4.62. The molecule has 3 amide bonds. The van der Waals surface area contributed by atoms with Gasteiger partial charge < -0.3 is 25.0 Å². The SMILES string of the molecule is NC(=O)C(CC1CCN(C(=O)N2CCOCC2)CC1)N(O)S(=O)(=O)c1cc(F)c(Oc2ccc(Cl)cc2)c(F)c1. The van der Waals surface area contributed by atoms with Crippen molar-refractivity contribution in [3.05, 3.63) is 53.1 Å². The highest BCUT2D eigenvalue weighted by molar-refractivity contribution is 7.89. The van der Waals surface area contributed by atoms with E-state index in [1.165, 1.54) is 24.3 Å². The molecule has 2 aromatic rings. The number of halogens is 3. The average Bonchev–Trinajstić information content (AvgIpc) is 2.94. The average molecular weight is 603 g/mol. The Bertz CT molecular complexity index is 1310. The summed E-state index contributed by atoms with van der Waals surface area (Å²) in [5.74, 6) is -4.91. The minimum atomic E-state index is -4.96. The highest BCUT2D eigenvalue weighted by atomic mass is 35.5. The molecule has 218 valence electrons. The Balaban J connectivity index is 1.43. The summed E-state index contributed by atoms with van der Waals surface area (Å²) in [5.41, 5.74) is 5.42. The molecular formula is C25H29ClF2N4O7S. The fraction of sp³-hybridized carbons (Fsp3) is 0.440. The molecule has 0 saturated carbocycles. The van der Waals surface area contributed by atoms with Gasteiger partial charge in [0, 0.05) is 31.2 Å².